The summed E-state index contributed by atoms with van der Waals surface area (Å²) in [6.45, 7) is 3.91. The number of hydrogen-bond donors (Lipinski definition) is 2. The molecule has 0 aliphatic carbocycles. The number of nitrogens with one attached hydrogen (secondary N) is 2. The smallest absolute Gasteiger partial charge is 0.271 e. The van der Waals surface area contributed by atoms with Gasteiger partial charge < -0.3 is 20.1 Å². The minimum atomic E-state index is -1.16. The van der Waals surface area contributed by atoms with E-state index in [0.717, 1.165) is 10.9 Å². The van der Waals surface area contributed by atoms with E-state index in [9.17, 15) is 18.8 Å². The van der Waals surface area contributed by atoms with Crippen molar-refractivity contribution >= 4 is 28.6 Å². The Morgan fingerprint density at radius 3 is 2.56 bits per heavy atom. The third-order valence-corrected chi connectivity index (χ3v) is 5.99. The number of likely N-dealkylation sites (N-methyl/N-ethyl adjacent to an activating group) is 1. The number of amides is 3. The van der Waals surface area contributed by atoms with Crippen molar-refractivity contribution in [2.45, 2.75) is 32.5 Å². The van der Waals surface area contributed by atoms with Crippen LogP contribution in [0.3, 0.4) is 0 Å². The summed E-state index contributed by atoms with van der Waals surface area (Å²) in [7, 11) is 0. The van der Waals surface area contributed by atoms with E-state index in [2.05, 4.69) is 10.6 Å². The van der Waals surface area contributed by atoms with E-state index in [1.54, 1.807) is 25.1 Å². The molecule has 1 aliphatic rings. The van der Waals surface area contributed by atoms with Gasteiger partial charge in [0.25, 0.3) is 5.91 Å². The Balaban J connectivity index is 1.48. The van der Waals surface area contributed by atoms with Gasteiger partial charge in [0.15, 0.2) is 0 Å². The maximum absolute atomic E-state index is 13.7. The summed E-state index contributed by atoms with van der Waals surface area (Å²) in [6.07, 6.45) is 0. The van der Waals surface area contributed by atoms with Gasteiger partial charge in [0, 0.05) is 29.6 Å². The fraction of sp³-hybridized carbons (Fsp3) is 0.292. The number of rotatable bonds is 6. The molecule has 2 N–H and O–H groups in total. The van der Waals surface area contributed by atoms with E-state index in [0.29, 0.717) is 17.8 Å². The highest BCUT2D eigenvalue weighted by Gasteiger charge is 2.46. The molecule has 1 unspecified atom stereocenters. The lowest BCUT2D eigenvalue weighted by Gasteiger charge is -2.43. The Morgan fingerprint density at radius 2 is 1.81 bits per heavy atom. The molecule has 1 aliphatic heterocycles. The lowest BCUT2D eigenvalue weighted by Crippen LogP contribution is -2.64. The van der Waals surface area contributed by atoms with Crippen LogP contribution in [-0.4, -0.2) is 45.8 Å². The molecule has 1 atom stereocenters. The highest BCUT2D eigenvalue weighted by molar-refractivity contribution is 6.04. The van der Waals surface area contributed by atoms with Gasteiger partial charge >= 0.3 is 0 Å². The summed E-state index contributed by atoms with van der Waals surface area (Å²) in [6, 6.07) is 15.7. The maximum Gasteiger partial charge on any atom is 0.271 e. The fourth-order valence-corrected chi connectivity index (χ4v) is 4.25. The third kappa shape index (κ3) is 3.72. The van der Waals surface area contributed by atoms with Crippen LogP contribution < -0.4 is 10.6 Å². The van der Waals surface area contributed by atoms with Crippen LogP contribution in [0.15, 0.2) is 54.6 Å². The first-order valence-electron chi connectivity index (χ1n) is 10.5. The monoisotopic (exact) mass is 436 g/mol. The fourth-order valence-electron chi connectivity index (χ4n) is 4.25. The van der Waals surface area contributed by atoms with Crippen molar-refractivity contribution < 1.29 is 18.8 Å². The first-order chi connectivity index (χ1) is 15.3. The summed E-state index contributed by atoms with van der Waals surface area (Å²) in [4.78, 5) is 40.1. The lowest BCUT2D eigenvalue weighted by atomic mass is 9.95. The molecule has 2 heterocycles. The van der Waals surface area contributed by atoms with Gasteiger partial charge in [-0.3, -0.25) is 14.4 Å². The number of halogens is 1. The second-order valence-corrected chi connectivity index (χ2v) is 8.05. The van der Waals surface area contributed by atoms with Crippen LogP contribution in [0.5, 0.6) is 0 Å². The minimum absolute atomic E-state index is 0.0247. The van der Waals surface area contributed by atoms with Gasteiger partial charge in [-0.25, -0.2) is 4.39 Å². The largest absolute Gasteiger partial charge is 0.350 e. The van der Waals surface area contributed by atoms with Gasteiger partial charge in [-0.1, -0.05) is 36.4 Å². The van der Waals surface area contributed by atoms with Crippen LogP contribution >= 0.6 is 0 Å². The van der Waals surface area contributed by atoms with Crippen LogP contribution in [0.25, 0.3) is 10.9 Å². The van der Waals surface area contributed by atoms with Crippen LogP contribution in [0.1, 0.15) is 29.9 Å². The molecule has 166 valence electrons. The van der Waals surface area contributed by atoms with Crippen LogP contribution in [0.4, 0.5) is 4.39 Å². The molecule has 0 saturated heterocycles. The third-order valence-electron chi connectivity index (χ3n) is 5.99. The second kappa shape index (κ2) is 8.45. The Kier molecular flexibility index (Phi) is 5.69. The first kappa shape index (κ1) is 21.5. The number of aromatic nitrogens is 1. The van der Waals surface area contributed by atoms with Gasteiger partial charge in [-0.15, -0.1) is 0 Å². The number of nitrogens with zero attached hydrogens (tertiary/aromatic N) is 2. The minimum Gasteiger partial charge on any atom is -0.350 e. The van der Waals surface area contributed by atoms with Crippen molar-refractivity contribution in [3.8, 4) is 0 Å². The van der Waals surface area contributed by atoms with E-state index in [-0.39, 0.29) is 25.5 Å². The standard InChI is InChI=1S/C24H25FN4O3/c1-3-29-22(31)20-12-16-8-5-7-11-19(16)28(20)15-24(29,2)23(32)27-14-21(30)26-13-17-9-4-6-10-18(17)25/h4-12H,3,13-15H2,1-2H3,(H,26,30)(H,27,32). The summed E-state index contributed by atoms with van der Waals surface area (Å²) in [5.74, 6) is -1.49. The molecule has 0 saturated carbocycles. The zero-order valence-electron chi connectivity index (χ0n) is 18.0. The molecule has 0 spiro atoms. The summed E-state index contributed by atoms with van der Waals surface area (Å²) in [5.41, 5.74) is 0.627. The molecule has 3 amide bonds. The molecular weight excluding hydrogens is 411 g/mol. The Hall–Kier alpha value is -3.68. The Morgan fingerprint density at radius 1 is 1.09 bits per heavy atom. The summed E-state index contributed by atoms with van der Waals surface area (Å²) >= 11 is 0. The van der Waals surface area contributed by atoms with E-state index >= 15 is 0 Å². The predicted molar refractivity (Wildman–Crippen MR) is 118 cm³/mol. The second-order valence-electron chi connectivity index (χ2n) is 8.05. The van der Waals surface area contributed by atoms with Crippen molar-refractivity contribution in [3.05, 3.63) is 71.7 Å². The molecule has 3 aromatic rings. The number of carbonyl (C=O) groups is 3. The summed E-state index contributed by atoms with van der Waals surface area (Å²) in [5, 5.41) is 6.18. The maximum atomic E-state index is 13.7. The normalized spacial score (nSPS) is 17.8. The average Bonchev–Trinajstić information content (AvgIpc) is 3.15. The molecule has 32 heavy (non-hydrogen) atoms. The SMILES string of the molecule is CCN1C(=O)c2cc3ccccc3n2CC1(C)C(=O)NCC(=O)NCc1ccccc1F. The Labute approximate surface area is 185 Å². The van der Waals surface area contributed by atoms with Gasteiger partial charge in [-0.05, 0) is 32.0 Å². The number of benzene rings is 2. The summed E-state index contributed by atoms with van der Waals surface area (Å²) < 4.78 is 15.6. The molecule has 8 heteroatoms. The van der Waals surface area contributed by atoms with Crippen molar-refractivity contribution in [3.63, 3.8) is 0 Å². The zero-order valence-corrected chi connectivity index (χ0v) is 18.0. The highest BCUT2D eigenvalue weighted by atomic mass is 19.1. The van der Waals surface area contributed by atoms with E-state index in [4.69, 9.17) is 0 Å². The average molecular weight is 436 g/mol. The van der Waals surface area contributed by atoms with E-state index < -0.39 is 23.2 Å². The quantitative estimate of drug-likeness (QED) is 0.623. The zero-order chi connectivity index (χ0) is 22.9. The number of fused-ring (bicyclic) bond motifs is 3. The van der Waals surface area contributed by atoms with Gasteiger partial charge in [-0.2, -0.15) is 0 Å². The van der Waals surface area contributed by atoms with Gasteiger partial charge in [0.2, 0.25) is 11.8 Å². The lowest BCUT2D eigenvalue weighted by molar-refractivity contribution is -0.134. The van der Waals surface area contributed by atoms with E-state index in [1.165, 1.54) is 11.0 Å². The van der Waals surface area contributed by atoms with Crippen molar-refractivity contribution in [1.82, 2.24) is 20.1 Å². The molecular formula is C24H25FN4O3. The topological polar surface area (TPSA) is 83.4 Å². The van der Waals surface area contributed by atoms with Crippen LogP contribution in [-0.2, 0) is 22.7 Å². The molecule has 4 rings (SSSR count). The van der Waals surface area contributed by atoms with Crippen molar-refractivity contribution in [2.24, 2.45) is 0 Å². The Bertz CT molecular complexity index is 1200. The predicted octanol–water partition coefficient (Wildman–Crippen LogP) is 2.45. The van der Waals surface area contributed by atoms with Crippen molar-refractivity contribution in [1.29, 1.82) is 0 Å². The highest BCUT2D eigenvalue weighted by Crippen LogP contribution is 2.32. The number of hydrogen-bond acceptors (Lipinski definition) is 3. The molecule has 0 bridgehead atoms. The van der Waals surface area contributed by atoms with E-state index in [1.807, 2.05) is 41.8 Å². The number of carbonyl (C=O) groups excluding carboxylic acids is 3. The van der Waals surface area contributed by atoms with Gasteiger partial charge in [0.1, 0.15) is 17.1 Å². The molecule has 0 fully saturated rings. The van der Waals surface area contributed by atoms with Gasteiger partial charge in [0.05, 0.1) is 13.1 Å². The van der Waals surface area contributed by atoms with Crippen molar-refractivity contribution in [2.75, 3.05) is 13.1 Å². The first-order valence-corrected chi connectivity index (χ1v) is 10.5. The molecule has 7 nitrogen and oxygen atoms in total. The molecule has 2 aromatic carbocycles. The van der Waals surface area contributed by atoms with Crippen LogP contribution in [0.2, 0.25) is 0 Å². The molecule has 1 aromatic heterocycles. The van der Waals surface area contributed by atoms with Crippen LogP contribution in [0, 0.1) is 5.82 Å². The molecule has 0 radical (unpaired) electrons. The number of para-hydroxylation sites is 1.